The quantitative estimate of drug-likeness (QED) is 0.702. The van der Waals surface area contributed by atoms with Crippen molar-refractivity contribution in [2.75, 3.05) is 0 Å². The molecule has 0 aliphatic rings. The second-order valence-electron chi connectivity index (χ2n) is 5.54. The molecule has 3 aromatic rings. The maximum absolute atomic E-state index is 11.3. The van der Waals surface area contributed by atoms with E-state index in [1.54, 1.807) is 6.08 Å². The zero-order valence-electron chi connectivity index (χ0n) is 13.1. The number of fused-ring (bicyclic) bond motifs is 1. The van der Waals surface area contributed by atoms with Gasteiger partial charge < -0.3 is 9.67 Å². The van der Waals surface area contributed by atoms with Crippen LogP contribution in [-0.4, -0.2) is 15.6 Å². The molecule has 2 aromatic carbocycles. The summed E-state index contributed by atoms with van der Waals surface area (Å²) in [4.78, 5) is 11.3. The lowest BCUT2D eigenvalue weighted by Gasteiger charge is -2.05. The van der Waals surface area contributed by atoms with Gasteiger partial charge in [-0.15, -0.1) is 0 Å². The fourth-order valence-electron chi connectivity index (χ4n) is 2.80. The zero-order valence-corrected chi connectivity index (χ0v) is 13.1. The van der Waals surface area contributed by atoms with Crippen LogP contribution in [0.25, 0.3) is 17.0 Å². The molecule has 0 aliphatic carbocycles. The number of carboxylic acid groups (broad SMARTS) is 1. The van der Waals surface area contributed by atoms with Gasteiger partial charge in [-0.05, 0) is 24.1 Å². The van der Waals surface area contributed by atoms with E-state index in [1.165, 1.54) is 5.56 Å². The molecule has 1 N–H and O–H groups in total. The Hall–Kier alpha value is -2.81. The van der Waals surface area contributed by atoms with E-state index in [4.69, 9.17) is 0 Å². The van der Waals surface area contributed by atoms with E-state index in [-0.39, 0.29) is 0 Å². The van der Waals surface area contributed by atoms with Crippen LogP contribution in [0.1, 0.15) is 24.5 Å². The largest absolute Gasteiger partial charge is 0.478 e. The maximum Gasteiger partial charge on any atom is 0.331 e. The van der Waals surface area contributed by atoms with Crippen LogP contribution in [0.5, 0.6) is 0 Å². The number of carbonyl (C=O) groups is 1. The highest BCUT2D eigenvalue weighted by molar-refractivity contribution is 5.97. The third kappa shape index (κ3) is 3.19. The Balaban J connectivity index is 2.08. The Bertz CT molecular complexity index is 860. The van der Waals surface area contributed by atoms with Crippen molar-refractivity contribution >= 4 is 22.9 Å². The van der Waals surface area contributed by atoms with Crippen molar-refractivity contribution in [2.45, 2.75) is 19.9 Å². The molecule has 3 nitrogen and oxygen atoms in total. The van der Waals surface area contributed by atoms with Crippen molar-refractivity contribution in [2.24, 2.45) is 0 Å². The summed E-state index contributed by atoms with van der Waals surface area (Å²) in [5.74, 6) is -0.854. The van der Waals surface area contributed by atoms with Crippen LogP contribution in [0, 0.1) is 0 Å². The van der Waals surface area contributed by atoms with Gasteiger partial charge in [-0.3, -0.25) is 0 Å². The van der Waals surface area contributed by atoms with Crippen LogP contribution >= 0.6 is 0 Å². The number of benzene rings is 2. The Labute approximate surface area is 135 Å². The van der Waals surface area contributed by atoms with Crippen molar-refractivity contribution < 1.29 is 9.90 Å². The molecule has 0 aliphatic heterocycles. The summed E-state index contributed by atoms with van der Waals surface area (Å²) in [6, 6.07) is 18.4. The third-order valence-corrected chi connectivity index (χ3v) is 4.00. The van der Waals surface area contributed by atoms with Gasteiger partial charge in [-0.25, -0.2) is 4.79 Å². The SMILES string of the molecule is CC/C(=C\c1cn(Cc2ccccc2)c2ccccc12)C(=O)O. The number of nitrogens with zero attached hydrogens (tertiary/aromatic N) is 1. The Kier molecular flexibility index (Phi) is 4.29. The first-order valence-electron chi connectivity index (χ1n) is 7.74. The fraction of sp³-hybridized carbons (Fsp3) is 0.150. The van der Waals surface area contributed by atoms with Crippen molar-refractivity contribution in [1.29, 1.82) is 0 Å². The number of hydrogen-bond acceptors (Lipinski definition) is 1. The van der Waals surface area contributed by atoms with Gasteiger partial charge in [0, 0.05) is 34.8 Å². The van der Waals surface area contributed by atoms with Crippen molar-refractivity contribution in [3.05, 3.63) is 77.5 Å². The van der Waals surface area contributed by atoms with Crippen LogP contribution < -0.4 is 0 Å². The molecule has 3 rings (SSSR count). The lowest BCUT2D eigenvalue weighted by molar-refractivity contribution is -0.132. The van der Waals surface area contributed by atoms with E-state index in [1.807, 2.05) is 49.5 Å². The highest BCUT2D eigenvalue weighted by Gasteiger charge is 2.10. The summed E-state index contributed by atoms with van der Waals surface area (Å²) in [5, 5.41) is 10.4. The van der Waals surface area contributed by atoms with E-state index >= 15 is 0 Å². The molecule has 0 bridgehead atoms. The number of aliphatic carboxylic acids is 1. The van der Waals surface area contributed by atoms with E-state index in [2.05, 4.69) is 22.8 Å². The molecule has 0 fully saturated rings. The summed E-state index contributed by atoms with van der Waals surface area (Å²) in [7, 11) is 0. The summed E-state index contributed by atoms with van der Waals surface area (Å²) in [5.41, 5.74) is 3.71. The van der Waals surface area contributed by atoms with E-state index in [9.17, 15) is 9.90 Å². The molecule has 0 atom stereocenters. The predicted molar refractivity (Wildman–Crippen MR) is 93.4 cm³/mol. The highest BCUT2D eigenvalue weighted by atomic mass is 16.4. The standard InChI is InChI=1S/C20H19NO2/c1-2-16(20(22)23)12-17-14-21(13-15-8-4-3-5-9-15)19-11-7-6-10-18(17)19/h3-12,14H,2,13H2,1H3,(H,22,23)/b16-12+. The second kappa shape index (κ2) is 6.53. The molecular formula is C20H19NO2. The first-order chi connectivity index (χ1) is 11.2. The molecule has 1 aromatic heterocycles. The summed E-state index contributed by atoms with van der Waals surface area (Å²) in [6.07, 6.45) is 4.33. The topological polar surface area (TPSA) is 42.2 Å². The zero-order chi connectivity index (χ0) is 16.2. The smallest absolute Gasteiger partial charge is 0.331 e. The van der Waals surface area contributed by atoms with E-state index in [0.29, 0.717) is 12.0 Å². The minimum atomic E-state index is -0.854. The van der Waals surface area contributed by atoms with Crippen molar-refractivity contribution in [3.8, 4) is 0 Å². The van der Waals surface area contributed by atoms with Crippen LogP contribution in [0.2, 0.25) is 0 Å². The molecule has 0 saturated heterocycles. The number of carboxylic acids is 1. The molecule has 3 heteroatoms. The lowest BCUT2D eigenvalue weighted by atomic mass is 10.1. The number of rotatable bonds is 5. The number of aromatic nitrogens is 1. The van der Waals surface area contributed by atoms with Gasteiger partial charge in [-0.2, -0.15) is 0 Å². The van der Waals surface area contributed by atoms with Crippen LogP contribution in [-0.2, 0) is 11.3 Å². The van der Waals surface area contributed by atoms with Crippen molar-refractivity contribution in [3.63, 3.8) is 0 Å². The van der Waals surface area contributed by atoms with Crippen LogP contribution in [0.3, 0.4) is 0 Å². The first-order valence-corrected chi connectivity index (χ1v) is 7.74. The molecule has 0 radical (unpaired) electrons. The van der Waals surface area contributed by atoms with E-state index in [0.717, 1.165) is 23.0 Å². The molecule has 0 spiro atoms. The molecular weight excluding hydrogens is 286 g/mol. The summed E-state index contributed by atoms with van der Waals surface area (Å²) in [6.45, 7) is 2.63. The predicted octanol–water partition coefficient (Wildman–Crippen LogP) is 4.57. The third-order valence-electron chi connectivity index (χ3n) is 4.00. The Morgan fingerprint density at radius 3 is 2.48 bits per heavy atom. The summed E-state index contributed by atoms with van der Waals surface area (Å²) >= 11 is 0. The highest BCUT2D eigenvalue weighted by Crippen LogP contribution is 2.25. The molecule has 116 valence electrons. The molecule has 0 amide bonds. The Morgan fingerprint density at radius 1 is 1.09 bits per heavy atom. The average molecular weight is 305 g/mol. The normalized spacial score (nSPS) is 11.8. The van der Waals surface area contributed by atoms with Crippen LogP contribution in [0.15, 0.2) is 66.4 Å². The van der Waals surface area contributed by atoms with Gasteiger partial charge in [-0.1, -0.05) is 55.5 Å². The lowest BCUT2D eigenvalue weighted by Crippen LogP contribution is -1.98. The van der Waals surface area contributed by atoms with Gasteiger partial charge >= 0.3 is 5.97 Å². The average Bonchev–Trinajstić information content (AvgIpc) is 2.91. The fourth-order valence-corrected chi connectivity index (χ4v) is 2.80. The molecule has 1 heterocycles. The number of hydrogen-bond donors (Lipinski definition) is 1. The summed E-state index contributed by atoms with van der Waals surface area (Å²) < 4.78 is 2.17. The molecule has 0 saturated carbocycles. The van der Waals surface area contributed by atoms with Gasteiger partial charge in [0.1, 0.15) is 0 Å². The minimum absolute atomic E-state index is 0.424. The monoisotopic (exact) mass is 305 g/mol. The van der Waals surface area contributed by atoms with Gasteiger partial charge in [0.25, 0.3) is 0 Å². The number of para-hydroxylation sites is 1. The van der Waals surface area contributed by atoms with Gasteiger partial charge in [0.05, 0.1) is 0 Å². The van der Waals surface area contributed by atoms with E-state index < -0.39 is 5.97 Å². The van der Waals surface area contributed by atoms with Crippen molar-refractivity contribution in [1.82, 2.24) is 4.57 Å². The van der Waals surface area contributed by atoms with Gasteiger partial charge in [0.15, 0.2) is 0 Å². The first kappa shape index (κ1) is 15.1. The maximum atomic E-state index is 11.3. The molecule has 0 unspecified atom stereocenters. The van der Waals surface area contributed by atoms with Gasteiger partial charge in [0.2, 0.25) is 0 Å². The minimum Gasteiger partial charge on any atom is -0.478 e. The second-order valence-corrected chi connectivity index (χ2v) is 5.54. The Morgan fingerprint density at radius 2 is 1.78 bits per heavy atom. The van der Waals surface area contributed by atoms with Crippen LogP contribution in [0.4, 0.5) is 0 Å². The molecule has 23 heavy (non-hydrogen) atoms.